The Morgan fingerprint density at radius 1 is 1.15 bits per heavy atom. The summed E-state index contributed by atoms with van der Waals surface area (Å²) in [4.78, 5) is 28.1. The quantitative estimate of drug-likeness (QED) is 0.342. The number of H-pyrrole nitrogens is 1. The molecular formula is C21H20Cl2FN5O4. The van der Waals surface area contributed by atoms with Crippen molar-refractivity contribution < 1.29 is 23.8 Å². The number of nitrogens with zero attached hydrogens (tertiary/aromatic N) is 2. The zero-order valence-electron chi connectivity index (χ0n) is 17.1. The van der Waals surface area contributed by atoms with Gasteiger partial charge in [0.05, 0.1) is 11.1 Å². The molecular weight excluding hydrogens is 476 g/mol. The Balaban J connectivity index is 1.34. The van der Waals surface area contributed by atoms with Crippen LogP contribution in [0.2, 0.25) is 10.0 Å². The number of halogens is 3. The highest BCUT2D eigenvalue weighted by molar-refractivity contribution is 6.31. The van der Waals surface area contributed by atoms with Gasteiger partial charge in [0.25, 0.3) is 11.8 Å². The van der Waals surface area contributed by atoms with Crippen molar-refractivity contribution in [3.8, 4) is 17.1 Å². The molecule has 0 spiro atoms. The smallest absolute Gasteiger partial charge is 0.288 e. The molecule has 1 atom stereocenters. The lowest BCUT2D eigenvalue weighted by Crippen LogP contribution is -2.37. The Morgan fingerprint density at radius 3 is 2.64 bits per heavy atom. The van der Waals surface area contributed by atoms with Crippen LogP contribution in [0.1, 0.15) is 17.0 Å². The third kappa shape index (κ3) is 7.41. The molecule has 0 fully saturated rings. The van der Waals surface area contributed by atoms with Crippen LogP contribution in [-0.2, 0) is 4.79 Å². The number of benzene rings is 2. The van der Waals surface area contributed by atoms with Crippen molar-refractivity contribution >= 4 is 35.0 Å². The molecule has 2 aromatic carbocycles. The predicted molar refractivity (Wildman–Crippen MR) is 120 cm³/mol. The molecule has 174 valence electrons. The number of carbonyl (C=O) groups is 2. The van der Waals surface area contributed by atoms with E-state index in [4.69, 9.17) is 27.9 Å². The third-order valence-corrected chi connectivity index (χ3v) is 4.92. The van der Waals surface area contributed by atoms with Gasteiger partial charge in [0.2, 0.25) is 5.82 Å². The molecule has 1 heterocycles. The highest BCUT2D eigenvalue weighted by Crippen LogP contribution is 2.20. The molecule has 0 saturated carbocycles. The Morgan fingerprint density at radius 2 is 1.91 bits per heavy atom. The average Bonchev–Trinajstić information content (AvgIpc) is 3.29. The number of hydrogen-bond acceptors (Lipinski definition) is 6. The van der Waals surface area contributed by atoms with Crippen molar-refractivity contribution in [2.45, 2.75) is 12.5 Å². The summed E-state index contributed by atoms with van der Waals surface area (Å²) in [6, 6.07) is 10.7. The van der Waals surface area contributed by atoms with Crippen LogP contribution in [-0.4, -0.2) is 57.9 Å². The number of aromatic amines is 1. The molecule has 0 radical (unpaired) electrons. The standard InChI is InChI=1S/C21H20Cl2FN5O4/c22-13-3-1-12(2-4-13)19-27-20(29-28-19)21(32)25-8-7-14(30)10-26-18(31)11-33-15-5-6-16(23)17(24)9-15/h1-6,9,14,30H,7-8,10-11H2,(H,25,32)(H,26,31)(H,27,28,29)/t14-/m0/s1. The fourth-order valence-corrected chi connectivity index (χ4v) is 2.87. The van der Waals surface area contributed by atoms with Gasteiger partial charge in [-0.2, -0.15) is 5.10 Å². The van der Waals surface area contributed by atoms with Crippen LogP contribution in [0.25, 0.3) is 11.4 Å². The number of aromatic nitrogens is 3. The van der Waals surface area contributed by atoms with Crippen LogP contribution in [0, 0.1) is 5.82 Å². The first-order chi connectivity index (χ1) is 15.8. The molecule has 0 bridgehead atoms. The Bertz CT molecular complexity index is 1110. The Kier molecular flexibility index (Phi) is 8.58. The maximum atomic E-state index is 13.3. The predicted octanol–water partition coefficient (Wildman–Crippen LogP) is 2.59. The Hall–Kier alpha value is -3.21. The van der Waals surface area contributed by atoms with Gasteiger partial charge in [0.15, 0.2) is 12.4 Å². The van der Waals surface area contributed by atoms with E-state index in [1.807, 2.05) is 0 Å². The second kappa shape index (κ2) is 11.6. The van der Waals surface area contributed by atoms with E-state index in [0.29, 0.717) is 16.4 Å². The van der Waals surface area contributed by atoms with E-state index < -0.39 is 23.7 Å². The van der Waals surface area contributed by atoms with Crippen LogP contribution in [0.3, 0.4) is 0 Å². The topological polar surface area (TPSA) is 129 Å². The summed E-state index contributed by atoms with van der Waals surface area (Å²) < 4.78 is 18.5. The molecule has 3 rings (SSSR count). The summed E-state index contributed by atoms with van der Waals surface area (Å²) in [5, 5.41) is 22.2. The average molecular weight is 496 g/mol. The molecule has 12 heteroatoms. The first-order valence-corrected chi connectivity index (χ1v) is 10.6. The molecule has 0 aliphatic rings. The van der Waals surface area contributed by atoms with Crippen LogP contribution >= 0.6 is 23.2 Å². The largest absolute Gasteiger partial charge is 0.484 e. The van der Waals surface area contributed by atoms with Crippen molar-refractivity contribution in [2.24, 2.45) is 0 Å². The summed E-state index contributed by atoms with van der Waals surface area (Å²) in [5.74, 6) is -1.10. The minimum atomic E-state index is -0.901. The zero-order chi connectivity index (χ0) is 23.8. The fraction of sp³-hybridized carbons (Fsp3) is 0.238. The number of nitrogens with one attached hydrogen (secondary N) is 3. The lowest BCUT2D eigenvalue weighted by molar-refractivity contribution is -0.123. The molecule has 3 aromatic rings. The molecule has 33 heavy (non-hydrogen) atoms. The van der Waals surface area contributed by atoms with Crippen molar-refractivity contribution in [3.05, 3.63) is 64.2 Å². The minimum absolute atomic E-state index is 0.0264. The van der Waals surface area contributed by atoms with E-state index >= 15 is 0 Å². The summed E-state index contributed by atoms with van der Waals surface area (Å²) in [7, 11) is 0. The van der Waals surface area contributed by atoms with E-state index in [2.05, 4.69) is 25.8 Å². The van der Waals surface area contributed by atoms with E-state index in [1.54, 1.807) is 24.3 Å². The second-order valence-corrected chi connectivity index (χ2v) is 7.73. The maximum Gasteiger partial charge on any atom is 0.288 e. The summed E-state index contributed by atoms with van der Waals surface area (Å²) in [6.07, 6.45) is -0.713. The SMILES string of the molecule is O=C(COc1ccc(Cl)c(F)c1)NC[C@@H](O)CCNC(=O)c1nc(-c2ccc(Cl)cc2)n[nH]1. The molecule has 4 N–H and O–H groups in total. The molecule has 0 aliphatic heterocycles. The molecule has 0 unspecified atom stereocenters. The number of aliphatic hydroxyl groups is 1. The van der Waals surface area contributed by atoms with Gasteiger partial charge in [-0.3, -0.25) is 14.7 Å². The lowest BCUT2D eigenvalue weighted by Gasteiger charge is -2.12. The van der Waals surface area contributed by atoms with Gasteiger partial charge in [0, 0.05) is 29.7 Å². The fourth-order valence-electron chi connectivity index (χ4n) is 2.63. The van der Waals surface area contributed by atoms with Gasteiger partial charge < -0.3 is 20.5 Å². The Labute approximate surface area is 198 Å². The highest BCUT2D eigenvalue weighted by atomic mass is 35.5. The minimum Gasteiger partial charge on any atom is -0.484 e. The highest BCUT2D eigenvalue weighted by Gasteiger charge is 2.14. The number of hydrogen-bond donors (Lipinski definition) is 4. The van der Waals surface area contributed by atoms with E-state index in [9.17, 15) is 19.1 Å². The van der Waals surface area contributed by atoms with E-state index in [-0.39, 0.29) is 42.7 Å². The second-order valence-electron chi connectivity index (χ2n) is 6.88. The number of amides is 2. The van der Waals surface area contributed by atoms with E-state index in [0.717, 1.165) is 6.07 Å². The zero-order valence-corrected chi connectivity index (χ0v) is 18.7. The monoisotopic (exact) mass is 495 g/mol. The van der Waals surface area contributed by atoms with Gasteiger partial charge in [-0.05, 0) is 42.8 Å². The number of ether oxygens (including phenoxy) is 1. The van der Waals surface area contributed by atoms with Crippen LogP contribution < -0.4 is 15.4 Å². The summed E-state index contributed by atoms with van der Waals surface area (Å²) >= 11 is 11.4. The first kappa shape index (κ1) is 24.4. The summed E-state index contributed by atoms with van der Waals surface area (Å²) in [5.41, 5.74) is 0.700. The maximum absolute atomic E-state index is 13.3. The molecule has 0 aliphatic carbocycles. The molecule has 0 saturated heterocycles. The summed E-state index contributed by atoms with van der Waals surface area (Å²) in [6.45, 7) is -0.255. The van der Waals surface area contributed by atoms with Crippen molar-refractivity contribution in [3.63, 3.8) is 0 Å². The number of rotatable bonds is 10. The third-order valence-electron chi connectivity index (χ3n) is 4.36. The number of carbonyl (C=O) groups excluding carboxylic acids is 2. The van der Waals surface area contributed by atoms with Crippen molar-refractivity contribution in [1.29, 1.82) is 0 Å². The van der Waals surface area contributed by atoms with Gasteiger partial charge in [-0.1, -0.05) is 23.2 Å². The van der Waals surface area contributed by atoms with Gasteiger partial charge in [0.1, 0.15) is 11.6 Å². The van der Waals surface area contributed by atoms with Gasteiger partial charge >= 0.3 is 0 Å². The van der Waals surface area contributed by atoms with Crippen LogP contribution in [0.15, 0.2) is 42.5 Å². The molecule has 9 nitrogen and oxygen atoms in total. The van der Waals surface area contributed by atoms with E-state index in [1.165, 1.54) is 12.1 Å². The van der Waals surface area contributed by atoms with Gasteiger partial charge in [-0.15, -0.1) is 0 Å². The van der Waals surface area contributed by atoms with Crippen molar-refractivity contribution in [2.75, 3.05) is 19.7 Å². The normalized spacial score (nSPS) is 11.6. The van der Waals surface area contributed by atoms with Crippen molar-refractivity contribution in [1.82, 2.24) is 25.8 Å². The number of aliphatic hydroxyl groups excluding tert-OH is 1. The first-order valence-electron chi connectivity index (χ1n) is 9.81. The lowest BCUT2D eigenvalue weighted by atomic mass is 10.2. The van der Waals surface area contributed by atoms with Crippen LogP contribution in [0.5, 0.6) is 5.75 Å². The molecule has 1 aromatic heterocycles. The molecule has 2 amide bonds. The van der Waals surface area contributed by atoms with Crippen LogP contribution in [0.4, 0.5) is 4.39 Å². The van der Waals surface area contributed by atoms with Gasteiger partial charge in [-0.25, -0.2) is 9.37 Å².